The van der Waals surface area contributed by atoms with Crippen molar-refractivity contribution in [3.05, 3.63) is 33.0 Å². The second-order valence-corrected chi connectivity index (χ2v) is 19.9. The van der Waals surface area contributed by atoms with Gasteiger partial charge in [0.2, 0.25) is 0 Å². The van der Waals surface area contributed by atoms with Crippen molar-refractivity contribution in [1.82, 2.24) is 4.90 Å². The molecule has 0 N–H and O–H groups in total. The first-order valence-electron chi connectivity index (χ1n) is 15.4. The van der Waals surface area contributed by atoms with E-state index in [1.807, 2.05) is 46.0 Å². The standard InChI is InChI=1S/C33H47NOS3Si/c1-8-12-14-23(10-3)19-39(20-24(11-4)15-13-9-2)27-16-21(5)36-31(27)32-28(39)17-26(38-32)30-29-25(22(6)37-30)18-34(7)33(29)35/h16-17,23-24H,8-15,18-20H2,1-7H3. The minimum atomic E-state index is -1.95. The van der Waals surface area contributed by atoms with Gasteiger partial charge in [-0.1, -0.05) is 79.1 Å². The molecule has 0 fully saturated rings. The Morgan fingerprint density at radius 3 is 2.03 bits per heavy atom. The highest BCUT2D eigenvalue weighted by atomic mass is 32.1. The predicted octanol–water partition coefficient (Wildman–Crippen LogP) is 9.72. The second kappa shape index (κ2) is 12.0. The second-order valence-electron chi connectivity index (χ2n) is 12.3. The first-order chi connectivity index (χ1) is 18.8. The van der Waals surface area contributed by atoms with Gasteiger partial charge in [-0.05, 0) is 65.8 Å². The highest BCUT2D eigenvalue weighted by Crippen LogP contribution is 2.50. The molecule has 0 aliphatic carbocycles. The van der Waals surface area contributed by atoms with Gasteiger partial charge in [-0.15, -0.1) is 34.0 Å². The summed E-state index contributed by atoms with van der Waals surface area (Å²) in [5.74, 6) is 1.84. The van der Waals surface area contributed by atoms with E-state index in [0.29, 0.717) is 0 Å². The molecule has 6 heteroatoms. The molecule has 2 nitrogen and oxygen atoms in total. The van der Waals surface area contributed by atoms with E-state index >= 15 is 0 Å². The van der Waals surface area contributed by atoms with E-state index < -0.39 is 8.07 Å². The van der Waals surface area contributed by atoms with E-state index in [4.69, 9.17) is 0 Å². The molecule has 2 aliphatic heterocycles. The summed E-state index contributed by atoms with van der Waals surface area (Å²) in [6, 6.07) is 8.04. The van der Waals surface area contributed by atoms with Crippen molar-refractivity contribution in [2.24, 2.45) is 11.8 Å². The minimum Gasteiger partial charge on any atom is -0.337 e. The van der Waals surface area contributed by atoms with Crippen molar-refractivity contribution in [1.29, 1.82) is 0 Å². The number of thiophene rings is 3. The van der Waals surface area contributed by atoms with Crippen LogP contribution in [0.15, 0.2) is 12.1 Å². The van der Waals surface area contributed by atoms with Crippen molar-refractivity contribution in [3.63, 3.8) is 0 Å². The lowest BCUT2D eigenvalue weighted by atomic mass is 10.0. The van der Waals surface area contributed by atoms with Gasteiger partial charge in [0.1, 0.15) is 8.07 Å². The molecule has 5 rings (SSSR count). The molecular weight excluding hydrogens is 551 g/mol. The zero-order valence-corrected chi connectivity index (χ0v) is 28.6. The van der Waals surface area contributed by atoms with Crippen molar-refractivity contribution >= 4 is 58.4 Å². The van der Waals surface area contributed by atoms with Crippen LogP contribution in [0.3, 0.4) is 0 Å². The van der Waals surface area contributed by atoms with E-state index in [2.05, 4.69) is 53.7 Å². The molecule has 2 aliphatic rings. The molecule has 0 saturated carbocycles. The molecule has 39 heavy (non-hydrogen) atoms. The van der Waals surface area contributed by atoms with Crippen molar-refractivity contribution in [2.75, 3.05) is 7.05 Å². The van der Waals surface area contributed by atoms with Crippen LogP contribution in [0.4, 0.5) is 0 Å². The number of fused-ring (bicyclic) bond motifs is 4. The number of carbonyl (C=O) groups excluding carboxylic acids is 1. The summed E-state index contributed by atoms with van der Waals surface area (Å²) < 4.78 is 0. The Bertz CT molecular complexity index is 1310. The fourth-order valence-electron chi connectivity index (χ4n) is 7.27. The molecule has 2 atom stereocenters. The fourth-order valence-corrected chi connectivity index (χ4v) is 18.9. The molecule has 5 heterocycles. The first kappa shape index (κ1) is 29.3. The van der Waals surface area contributed by atoms with E-state index in [9.17, 15) is 4.79 Å². The maximum absolute atomic E-state index is 13.2. The molecule has 3 aromatic heterocycles. The lowest BCUT2D eigenvalue weighted by molar-refractivity contribution is 0.0817. The number of hydrogen-bond donors (Lipinski definition) is 0. The maximum Gasteiger partial charge on any atom is 0.255 e. The number of aryl methyl sites for hydroxylation is 2. The van der Waals surface area contributed by atoms with Gasteiger partial charge in [0, 0.05) is 38.0 Å². The highest BCUT2D eigenvalue weighted by molar-refractivity contribution is 7.32. The molecule has 0 saturated heterocycles. The molecule has 0 aromatic carbocycles. The molecular formula is C33H47NOS3Si. The SMILES string of the molecule is CCCCC(CC)C[Si]1(CC(CC)CCCC)c2cc(C)sc2-c2sc(-c3sc(C)c4c3C(=O)N(C)C4)cc21. The lowest BCUT2D eigenvalue weighted by Crippen LogP contribution is -2.56. The van der Waals surface area contributed by atoms with Crippen LogP contribution in [-0.2, 0) is 6.54 Å². The summed E-state index contributed by atoms with van der Waals surface area (Å²) in [5, 5.41) is 3.50. The quantitative estimate of drug-likeness (QED) is 0.180. The molecule has 0 radical (unpaired) electrons. The van der Waals surface area contributed by atoms with Crippen LogP contribution >= 0.6 is 34.0 Å². The van der Waals surface area contributed by atoms with Gasteiger partial charge in [-0.2, -0.15) is 0 Å². The predicted molar refractivity (Wildman–Crippen MR) is 177 cm³/mol. The van der Waals surface area contributed by atoms with Gasteiger partial charge < -0.3 is 4.90 Å². The van der Waals surface area contributed by atoms with Gasteiger partial charge in [0.25, 0.3) is 5.91 Å². The first-order valence-corrected chi connectivity index (χ1v) is 20.3. The Hall–Kier alpha value is -1.21. The van der Waals surface area contributed by atoms with E-state index in [1.54, 1.807) is 20.1 Å². The number of rotatable bonds is 13. The summed E-state index contributed by atoms with van der Waals surface area (Å²) in [6.07, 6.45) is 10.6. The van der Waals surface area contributed by atoms with Crippen LogP contribution < -0.4 is 10.4 Å². The zero-order valence-electron chi connectivity index (χ0n) is 25.2. The number of nitrogens with zero attached hydrogens (tertiary/aromatic N) is 1. The van der Waals surface area contributed by atoms with Gasteiger partial charge >= 0.3 is 0 Å². The number of hydrogen-bond acceptors (Lipinski definition) is 4. The number of carbonyl (C=O) groups is 1. The summed E-state index contributed by atoms with van der Waals surface area (Å²) in [5.41, 5.74) is 2.27. The minimum absolute atomic E-state index is 0.213. The average Bonchev–Trinajstić information content (AvgIpc) is 3.70. The van der Waals surface area contributed by atoms with E-state index in [1.165, 1.54) is 88.5 Å². The smallest absolute Gasteiger partial charge is 0.255 e. The van der Waals surface area contributed by atoms with Crippen LogP contribution in [0.25, 0.3) is 19.5 Å². The third-order valence-electron chi connectivity index (χ3n) is 9.57. The Balaban J connectivity index is 1.66. The van der Waals surface area contributed by atoms with Crippen molar-refractivity contribution in [2.45, 2.75) is 112 Å². The topological polar surface area (TPSA) is 20.3 Å². The summed E-state index contributed by atoms with van der Waals surface area (Å²) in [7, 11) is -0.00206. The summed E-state index contributed by atoms with van der Waals surface area (Å²) in [6.45, 7) is 14.9. The Morgan fingerprint density at radius 2 is 1.44 bits per heavy atom. The van der Waals surface area contributed by atoms with Crippen LogP contribution in [0.1, 0.15) is 105 Å². The van der Waals surface area contributed by atoms with Crippen molar-refractivity contribution in [3.8, 4) is 19.5 Å². The van der Waals surface area contributed by atoms with Crippen molar-refractivity contribution < 1.29 is 4.79 Å². The third-order valence-corrected chi connectivity index (χ3v) is 19.0. The Morgan fingerprint density at radius 1 is 0.846 bits per heavy atom. The zero-order chi connectivity index (χ0) is 27.9. The molecule has 2 unspecified atom stereocenters. The number of amides is 1. The molecule has 0 spiro atoms. The van der Waals surface area contributed by atoms with Crippen LogP contribution in [-0.4, -0.2) is 25.9 Å². The largest absolute Gasteiger partial charge is 0.337 e. The normalized spacial score (nSPS) is 19.5. The van der Waals surface area contributed by atoms with Gasteiger partial charge in [0.05, 0.1) is 10.4 Å². The molecule has 3 aromatic rings. The van der Waals surface area contributed by atoms with Gasteiger partial charge in [0.15, 0.2) is 0 Å². The van der Waals surface area contributed by atoms with Crippen LogP contribution in [0, 0.1) is 25.7 Å². The Labute approximate surface area is 249 Å². The summed E-state index contributed by atoms with van der Waals surface area (Å²) in [4.78, 5) is 23.7. The molecule has 212 valence electrons. The average molecular weight is 598 g/mol. The van der Waals surface area contributed by atoms with E-state index in [-0.39, 0.29) is 5.91 Å². The highest BCUT2D eigenvalue weighted by Gasteiger charge is 2.50. The fraction of sp³-hybridized carbons (Fsp3) is 0.606. The third kappa shape index (κ3) is 5.17. The Kier molecular flexibility index (Phi) is 8.97. The van der Waals surface area contributed by atoms with Gasteiger partial charge in [-0.3, -0.25) is 4.79 Å². The molecule has 0 bridgehead atoms. The lowest BCUT2D eigenvalue weighted by Gasteiger charge is -2.35. The summed E-state index contributed by atoms with van der Waals surface area (Å²) >= 11 is 5.91. The van der Waals surface area contributed by atoms with E-state index in [0.717, 1.165) is 23.9 Å². The van der Waals surface area contributed by atoms with Crippen LogP contribution in [0.5, 0.6) is 0 Å². The molecule has 1 amide bonds. The van der Waals surface area contributed by atoms with Gasteiger partial charge in [-0.25, -0.2) is 0 Å². The van der Waals surface area contributed by atoms with Crippen LogP contribution in [0.2, 0.25) is 12.1 Å². The maximum atomic E-state index is 13.2. The monoisotopic (exact) mass is 597 g/mol. The number of unbranched alkanes of at least 4 members (excludes halogenated alkanes) is 2.